The first-order valence-corrected chi connectivity index (χ1v) is 11.3. The average Bonchev–Trinajstić information content (AvgIpc) is 2.81. The first-order chi connectivity index (χ1) is 10.3. The molecule has 1 aromatic carbocycles. The van der Waals surface area contributed by atoms with Crippen LogP contribution >= 0.6 is 0 Å². The minimum atomic E-state index is -1.13. The number of benzene rings is 1. The van der Waals surface area contributed by atoms with Crippen molar-refractivity contribution in [2.75, 3.05) is 13.4 Å². The summed E-state index contributed by atoms with van der Waals surface area (Å²) in [5.41, 5.74) is 1.32. The molecule has 22 heavy (non-hydrogen) atoms. The van der Waals surface area contributed by atoms with E-state index in [1.165, 1.54) is 6.07 Å². The summed E-state index contributed by atoms with van der Waals surface area (Å²) in [6, 6.07) is 2.26. The number of aliphatic hydroxyl groups is 1. The molecule has 0 saturated heterocycles. The van der Waals surface area contributed by atoms with Crippen LogP contribution in [0.2, 0.25) is 25.7 Å². The molecule has 0 saturated carbocycles. The zero-order valence-electron chi connectivity index (χ0n) is 13.4. The Bertz CT molecular complexity index is 529. The number of rotatable bonds is 7. The topological polar surface area (TPSA) is 38.7 Å². The highest BCUT2D eigenvalue weighted by molar-refractivity contribution is 6.76. The highest BCUT2D eigenvalue weighted by Crippen LogP contribution is 2.38. The Hall–Kier alpha value is -0.823. The molecule has 1 N–H and O–H groups in total. The van der Waals surface area contributed by atoms with Crippen LogP contribution in [-0.4, -0.2) is 26.6 Å². The summed E-state index contributed by atoms with van der Waals surface area (Å²) >= 11 is 0. The van der Waals surface area contributed by atoms with Gasteiger partial charge in [0.2, 0.25) is 0 Å². The minimum Gasteiger partial charge on any atom is -0.392 e. The van der Waals surface area contributed by atoms with E-state index >= 15 is 0 Å². The third-order valence-corrected chi connectivity index (χ3v) is 5.66. The van der Waals surface area contributed by atoms with Crippen LogP contribution in [0.25, 0.3) is 0 Å². The molecule has 0 fully saturated rings. The Balaban J connectivity index is 1.96. The van der Waals surface area contributed by atoms with Crippen molar-refractivity contribution in [1.29, 1.82) is 0 Å². The standard InChI is InChI=1S/C16H24F2O3Si/c1-22(2,3)7-6-20-10-21-14-5-4-11-8-13(17)16(18)12(9-19)15(11)14/h8,14,19H,4-7,9-10H2,1-3H3. The number of hydrogen-bond donors (Lipinski definition) is 1. The molecular weight excluding hydrogens is 306 g/mol. The van der Waals surface area contributed by atoms with E-state index in [-0.39, 0.29) is 18.5 Å². The molecule has 1 atom stereocenters. The number of halogens is 2. The Morgan fingerprint density at radius 3 is 2.68 bits per heavy atom. The largest absolute Gasteiger partial charge is 0.392 e. The monoisotopic (exact) mass is 330 g/mol. The summed E-state index contributed by atoms with van der Waals surface area (Å²) in [7, 11) is -1.13. The SMILES string of the molecule is C[Si](C)(C)CCOCOC1CCc2cc(F)c(F)c(CO)c21. The molecule has 0 bridgehead atoms. The normalized spacial score (nSPS) is 17.8. The van der Waals surface area contributed by atoms with Gasteiger partial charge in [-0.15, -0.1) is 0 Å². The van der Waals surface area contributed by atoms with Crippen LogP contribution in [0.5, 0.6) is 0 Å². The second kappa shape index (κ2) is 7.17. The van der Waals surface area contributed by atoms with Gasteiger partial charge in [0, 0.05) is 20.2 Å². The van der Waals surface area contributed by atoms with Crippen molar-refractivity contribution in [1.82, 2.24) is 0 Å². The van der Waals surface area contributed by atoms with Crippen molar-refractivity contribution in [2.24, 2.45) is 0 Å². The van der Waals surface area contributed by atoms with Gasteiger partial charge in [0.15, 0.2) is 11.6 Å². The summed E-state index contributed by atoms with van der Waals surface area (Å²) in [6.07, 6.45) is 0.945. The van der Waals surface area contributed by atoms with Gasteiger partial charge in [-0.3, -0.25) is 0 Å². The molecule has 124 valence electrons. The lowest BCUT2D eigenvalue weighted by Gasteiger charge is -2.18. The third kappa shape index (κ3) is 4.13. The quantitative estimate of drug-likeness (QED) is 0.470. The van der Waals surface area contributed by atoms with E-state index in [1.54, 1.807) is 0 Å². The van der Waals surface area contributed by atoms with Gasteiger partial charge in [0.25, 0.3) is 0 Å². The molecule has 1 unspecified atom stereocenters. The Morgan fingerprint density at radius 2 is 2.05 bits per heavy atom. The smallest absolute Gasteiger partial charge is 0.164 e. The first kappa shape index (κ1) is 17.5. The van der Waals surface area contributed by atoms with E-state index in [9.17, 15) is 13.9 Å². The van der Waals surface area contributed by atoms with E-state index in [0.29, 0.717) is 25.0 Å². The molecule has 0 heterocycles. The Morgan fingerprint density at radius 1 is 1.32 bits per heavy atom. The van der Waals surface area contributed by atoms with Crippen molar-refractivity contribution in [3.05, 3.63) is 34.4 Å². The van der Waals surface area contributed by atoms with E-state index in [1.807, 2.05) is 0 Å². The molecule has 0 spiro atoms. The highest BCUT2D eigenvalue weighted by atomic mass is 28.3. The third-order valence-electron chi connectivity index (χ3n) is 3.95. The van der Waals surface area contributed by atoms with Crippen LogP contribution in [0.1, 0.15) is 29.2 Å². The number of hydrogen-bond acceptors (Lipinski definition) is 3. The summed E-state index contributed by atoms with van der Waals surface area (Å²) in [4.78, 5) is 0. The lowest BCUT2D eigenvalue weighted by Crippen LogP contribution is -2.22. The van der Waals surface area contributed by atoms with Crippen LogP contribution < -0.4 is 0 Å². The minimum absolute atomic E-state index is 0.0135. The first-order valence-electron chi connectivity index (χ1n) is 7.63. The molecule has 1 aromatic rings. The van der Waals surface area contributed by atoms with Gasteiger partial charge in [-0.05, 0) is 36.1 Å². The molecule has 2 rings (SSSR count). The van der Waals surface area contributed by atoms with E-state index in [0.717, 1.165) is 11.6 Å². The zero-order chi connectivity index (χ0) is 16.3. The molecule has 0 amide bonds. The fourth-order valence-corrected chi connectivity index (χ4v) is 3.43. The van der Waals surface area contributed by atoms with Crippen molar-refractivity contribution in [3.63, 3.8) is 0 Å². The lowest BCUT2D eigenvalue weighted by atomic mass is 10.0. The molecule has 0 aliphatic heterocycles. The summed E-state index contributed by atoms with van der Waals surface area (Å²) in [6.45, 7) is 7.08. The molecule has 0 radical (unpaired) electrons. The van der Waals surface area contributed by atoms with Gasteiger partial charge < -0.3 is 14.6 Å². The second-order valence-electron chi connectivity index (χ2n) is 6.91. The zero-order valence-corrected chi connectivity index (χ0v) is 14.4. The van der Waals surface area contributed by atoms with Gasteiger partial charge in [0.1, 0.15) is 6.79 Å². The predicted octanol–water partition coefficient (Wildman–Crippen LogP) is 3.77. The van der Waals surface area contributed by atoms with Crippen molar-refractivity contribution >= 4 is 8.07 Å². The molecule has 1 aliphatic rings. The molecule has 1 aliphatic carbocycles. The second-order valence-corrected chi connectivity index (χ2v) is 12.5. The molecule has 0 aromatic heterocycles. The van der Waals surface area contributed by atoms with Crippen LogP contribution in [-0.2, 0) is 22.5 Å². The van der Waals surface area contributed by atoms with Crippen LogP contribution in [0, 0.1) is 11.6 Å². The van der Waals surface area contributed by atoms with Gasteiger partial charge in [-0.1, -0.05) is 19.6 Å². The van der Waals surface area contributed by atoms with Crippen molar-refractivity contribution in [3.8, 4) is 0 Å². The summed E-state index contributed by atoms with van der Waals surface area (Å²) in [5.74, 6) is -1.88. The fraction of sp³-hybridized carbons (Fsp3) is 0.625. The Labute approximate surface area is 131 Å². The van der Waals surface area contributed by atoms with Crippen molar-refractivity contribution < 1.29 is 23.4 Å². The van der Waals surface area contributed by atoms with E-state index in [2.05, 4.69) is 19.6 Å². The van der Waals surface area contributed by atoms with Crippen LogP contribution in [0.4, 0.5) is 8.78 Å². The van der Waals surface area contributed by atoms with Gasteiger partial charge in [0.05, 0.1) is 12.7 Å². The molecule has 6 heteroatoms. The average molecular weight is 330 g/mol. The van der Waals surface area contributed by atoms with Gasteiger partial charge in [-0.25, -0.2) is 8.78 Å². The Kier molecular flexibility index (Phi) is 5.71. The number of fused-ring (bicyclic) bond motifs is 1. The van der Waals surface area contributed by atoms with Crippen LogP contribution in [0.3, 0.4) is 0 Å². The maximum Gasteiger partial charge on any atom is 0.164 e. The van der Waals surface area contributed by atoms with E-state index in [4.69, 9.17) is 9.47 Å². The fourth-order valence-electron chi connectivity index (χ4n) is 2.68. The molecule has 3 nitrogen and oxygen atoms in total. The maximum absolute atomic E-state index is 13.8. The summed E-state index contributed by atoms with van der Waals surface area (Å²) < 4.78 is 38.4. The molecular formula is C16H24F2O3Si. The number of ether oxygens (including phenoxy) is 2. The highest BCUT2D eigenvalue weighted by Gasteiger charge is 2.29. The van der Waals surface area contributed by atoms with Gasteiger partial charge >= 0.3 is 0 Å². The van der Waals surface area contributed by atoms with Gasteiger partial charge in [-0.2, -0.15) is 0 Å². The lowest BCUT2D eigenvalue weighted by molar-refractivity contribution is -0.0874. The predicted molar refractivity (Wildman–Crippen MR) is 83.4 cm³/mol. The van der Waals surface area contributed by atoms with Crippen molar-refractivity contribution in [2.45, 2.75) is 51.2 Å². The van der Waals surface area contributed by atoms with Crippen LogP contribution in [0.15, 0.2) is 6.07 Å². The number of aliphatic hydroxyl groups excluding tert-OH is 1. The number of aryl methyl sites for hydroxylation is 1. The summed E-state index contributed by atoms with van der Waals surface area (Å²) in [5, 5.41) is 9.34. The maximum atomic E-state index is 13.8. The van der Waals surface area contributed by atoms with E-state index < -0.39 is 26.3 Å².